The zero-order valence-electron chi connectivity index (χ0n) is 12.5. The summed E-state index contributed by atoms with van der Waals surface area (Å²) in [5.41, 5.74) is 1.30. The minimum absolute atomic E-state index is 0.0388. The maximum atomic E-state index is 12.4. The fourth-order valence-electron chi connectivity index (χ4n) is 2.82. The van der Waals surface area contributed by atoms with Gasteiger partial charge in [0.15, 0.2) is 0 Å². The van der Waals surface area contributed by atoms with Crippen molar-refractivity contribution in [1.29, 1.82) is 0 Å². The summed E-state index contributed by atoms with van der Waals surface area (Å²) in [5.74, 6) is 0.616. The van der Waals surface area contributed by atoms with Gasteiger partial charge in [0.2, 0.25) is 0 Å². The average Bonchev–Trinajstić information content (AvgIpc) is 3.30. The average molecular weight is 286 g/mol. The van der Waals surface area contributed by atoms with E-state index >= 15 is 0 Å². The van der Waals surface area contributed by atoms with E-state index in [0.29, 0.717) is 23.1 Å². The van der Waals surface area contributed by atoms with Crippen LogP contribution in [-0.4, -0.2) is 35.8 Å². The molecule has 1 N–H and O–H groups in total. The Morgan fingerprint density at radius 1 is 1.10 bits per heavy atom. The fourth-order valence-corrected chi connectivity index (χ4v) is 2.82. The predicted octanol–water partition coefficient (Wildman–Crippen LogP) is 2.45. The van der Waals surface area contributed by atoms with Crippen molar-refractivity contribution in [3.63, 3.8) is 0 Å². The molecule has 1 unspecified atom stereocenters. The molecule has 3 rings (SSSR count). The number of amides is 2. The highest BCUT2D eigenvalue weighted by atomic mass is 16.2. The van der Waals surface area contributed by atoms with Gasteiger partial charge in [0, 0.05) is 30.3 Å². The normalized spacial score (nSPS) is 22.0. The summed E-state index contributed by atoms with van der Waals surface area (Å²) in [5, 5.41) is 2.95. The number of nitrogens with zero attached hydrogens (tertiary/aromatic N) is 1. The Bertz CT molecular complexity index is 534. The first-order valence-corrected chi connectivity index (χ1v) is 7.83. The summed E-state index contributed by atoms with van der Waals surface area (Å²) in [6, 6.07) is 7.39. The maximum absolute atomic E-state index is 12.4. The second-order valence-corrected chi connectivity index (χ2v) is 6.32. The van der Waals surface area contributed by atoms with Gasteiger partial charge in [-0.05, 0) is 55.9 Å². The Hall–Kier alpha value is -1.84. The first-order chi connectivity index (χ1) is 10.1. The SMILES string of the molecule is CC1CCCN(C(=O)c2ccc(C(=O)NC3CC3)cc2)C1. The molecular formula is C17H22N2O2. The Labute approximate surface area is 125 Å². The summed E-state index contributed by atoms with van der Waals surface area (Å²) in [6.07, 6.45) is 4.43. The topological polar surface area (TPSA) is 49.4 Å². The highest BCUT2D eigenvalue weighted by Crippen LogP contribution is 2.20. The number of hydrogen-bond donors (Lipinski definition) is 1. The summed E-state index contributed by atoms with van der Waals surface area (Å²) in [6.45, 7) is 3.86. The molecule has 1 aromatic carbocycles. The van der Waals surface area contributed by atoms with Gasteiger partial charge in [0.05, 0.1) is 0 Å². The van der Waals surface area contributed by atoms with Gasteiger partial charge in [0.25, 0.3) is 11.8 Å². The van der Waals surface area contributed by atoms with Crippen LogP contribution in [0.2, 0.25) is 0 Å². The van der Waals surface area contributed by atoms with Crippen LogP contribution in [0.4, 0.5) is 0 Å². The van der Waals surface area contributed by atoms with Crippen LogP contribution in [0.25, 0.3) is 0 Å². The number of piperidine rings is 1. The molecule has 1 atom stereocenters. The molecule has 2 fully saturated rings. The van der Waals surface area contributed by atoms with Gasteiger partial charge >= 0.3 is 0 Å². The third kappa shape index (κ3) is 3.43. The van der Waals surface area contributed by atoms with E-state index in [-0.39, 0.29) is 11.8 Å². The Morgan fingerprint density at radius 3 is 2.38 bits per heavy atom. The standard InChI is InChI=1S/C17H22N2O2/c1-12-3-2-10-19(11-12)17(21)14-6-4-13(5-7-14)16(20)18-15-8-9-15/h4-7,12,15H,2-3,8-11H2,1H3,(H,18,20). The van der Waals surface area contributed by atoms with E-state index < -0.39 is 0 Å². The molecule has 1 aliphatic heterocycles. The Balaban J connectivity index is 1.65. The van der Waals surface area contributed by atoms with Gasteiger partial charge < -0.3 is 10.2 Å². The summed E-state index contributed by atoms with van der Waals surface area (Å²) in [4.78, 5) is 26.3. The second-order valence-electron chi connectivity index (χ2n) is 6.32. The predicted molar refractivity (Wildman–Crippen MR) is 81.2 cm³/mol. The van der Waals surface area contributed by atoms with Crippen molar-refractivity contribution in [1.82, 2.24) is 10.2 Å². The van der Waals surface area contributed by atoms with Gasteiger partial charge in [0.1, 0.15) is 0 Å². The van der Waals surface area contributed by atoms with Crippen LogP contribution in [0.15, 0.2) is 24.3 Å². The number of carbonyl (C=O) groups excluding carboxylic acids is 2. The summed E-state index contributed by atoms with van der Waals surface area (Å²) in [7, 11) is 0. The smallest absolute Gasteiger partial charge is 0.253 e. The van der Waals surface area contributed by atoms with Crippen molar-refractivity contribution in [2.24, 2.45) is 5.92 Å². The van der Waals surface area contributed by atoms with E-state index in [0.717, 1.165) is 32.4 Å². The van der Waals surface area contributed by atoms with E-state index in [1.807, 2.05) is 4.90 Å². The molecule has 0 bridgehead atoms. The van der Waals surface area contributed by atoms with Crippen molar-refractivity contribution in [2.45, 2.75) is 38.6 Å². The third-order valence-electron chi connectivity index (χ3n) is 4.25. The number of nitrogens with one attached hydrogen (secondary N) is 1. The van der Waals surface area contributed by atoms with Crippen molar-refractivity contribution in [3.05, 3.63) is 35.4 Å². The Morgan fingerprint density at radius 2 is 1.76 bits per heavy atom. The van der Waals surface area contributed by atoms with Crippen molar-refractivity contribution >= 4 is 11.8 Å². The van der Waals surface area contributed by atoms with Gasteiger partial charge in [-0.2, -0.15) is 0 Å². The number of likely N-dealkylation sites (tertiary alicyclic amines) is 1. The molecule has 2 aliphatic rings. The molecule has 0 spiro atoms. The van der Waals surface area contributed by atoms with Crippen molar-refractivity contribution < 1.29 is 9.59 Å². The lowest BCUT2D eigenvalue weighted by Crippen LogP contribution is -2.39. The lowest BCUT2D eigenvalue weighted by atomic mass is 9.99. The van der Waals surface area contributed by atoms with E-state index in [1.165, 1.54) is 6.42 Å². The molecular weight excluding hydrogens is 264 g/mol. The summed E-state index contributed by atoms with van der Waals surface area (Å²) < 4.78 is 0. The largest absolute Gasteiger partial charge is 0.349 e. The first kappa shape index (κ1) is 14.1. The molecule has 0 aromatic heterocycles. The first-order valence-electron chi connectivity index (χ1n) is 7.83. The summed E-state index contributed by atoms with van der Waals surface area (Å²) >= 11 is 0. The molecule has 1 heterocycles. The molecule has 1 aliphatic carbocycles. The van der Waals surface area contributed by atoms with Crippen LogP contribution < -0.4 is 5.32 Å². The van der Waals surface area contributed by atoms with Crippen LogP contribution >= 0.6 is 0 Å². The molecule has 1 aromatic rings. The van der Waals surface area contributed by atoms with Crippen LogP contribution in [-0.2, 0) is 0 Å². The van der Waals surface area contributed by atoms with Crippen LogP contribution in [0.1, 0.15) is 53.3 Å². The molecule has 2 amide bonds. The monoisotopic (exact) mass is 286 g/mol. The lowest BCUT2D eigenvalue weighted by Gasteiger charge is -2.31. The second kappa shape index (κ2) is 5.88. The van der Waals surface area contributed by atoms with Gasteiger partial charge in [-0.15, -0.1) is 0 Å². The lowest BCUT2D eigenvalue weighted by molar-refractivity contribution is 0.0682. The third-order valence-corrected chi connectivity index (χ3v) is 4.25. The highest BCUT2D eigenvalue weighted by Gasteiger charge is 2.24. The zero-order valence-corrected chi connectivity index (χ0v) is 12.5. The minimum Gasteiger partial charge on any atom is -0.349 e. The molecule has 1 saturated heterocycles. The molecule has 112 valence electrons. The van der Waals surface area contributed by atoms with Crippen LogP contribution in [0.3, 0.4) is 0 Å². The fraction of sp³-hybridized carbons (Fsp3) is 0.529. The van der Waals surface area contributed by atoms with Crippen molar-refractivity contribution in [2.75, 3.05) is 13.1 Å². The Kier molecular flexibility index (Phi) is 3.95. The van der Waals surface area contributed by atoms with E-state index in [2.05, 4.69) is 12.2 Å². The number of hydrogen-bond acceptors (Lipinski definition) is 2. The molecule has 4 heteroatoms. The molecule has 21 heavy (non-hydrogen) atoms. The van der Waals surface area contributed by atoms with Crippen LogP contribution in [0, 0.1) is 5.92 Å². The van der Waals surface area contributed by atoms with Crippen LogP contribution in [0.5, 0.6) is 0 Å². The molecule has 4 nitrogen and oxygen atoms in total. The quantitative estimate of drug-likeness (QED) is 0.928. The number of carbonyl (C=O) groups is 2. The minimum atomic E-state index is -0.0388. The molecule has 0 radical (unpaired) electrons. The number of rotatable bonds is 3. The molecule has 1 saturated carbocycles. The van der Waals surface area contributed by atoms with E-state index in [4.69, 9.17) is 0 Å². The van der Waals surface area contributed by atoms with Crippen molar-refractivity contribution in [3.8, 4) is 0 Å². The highest BCUT2D eigenvalue weighted by molar-refractivity contribution is 5.98. The van der Waals surface area contributed by atoms with E-state index in [9.17, 15) is 9.59 Å². The maximum Gasteiger partial charge on any atom is 0.253 e. The van der Waals surface area contributed by atoms with Gasteiger partial charge in [-0.25, -0.2) is 0 Å². The number of benzene rings is 1. The van der Waals surface area contributed by atoms with Gasteiger partial charge in [-0.1, -0.05) is 6.92 Å². The zero-order chi connectivity index (χ0) is 14.8. The van der Waals surface area contributed by atoms with Gasteiger partial charge in [-0.3, -0.25) is 9.59 Å². The van der Waals surface area contributed by atoms with E-state index in [1.54, 1.807) is 24.3 Å².